The normalized spacial score (nSPS) is 17.9. The van der Waals surface area contributed by atoms with Crippen LogP contribution in [0.4, 0.5) is 0 Å². The van der Waals surface area contributed by atoms with Gasteiger partial charge in [-0.3, -0.25) is 14.5 Å². The summed E-state index contributed by atoms with van der Waals surface area (Å²) in [5, 5.41) is 9.19. The van der Waals surface area contributed by atoms with Crippen LogP contribution in [0.5, 0.6) is 0 Å². The third-order valence-corrected chi connectivity index (χ3v) is 4.51. The number of nitrogens with zero attached hydrogens (tertiary/aromatic N) is 1. The van der Waals surface area contributed by atoms with Gasteiger partial charge in [-0.15, -0.1) is 0 Å². The number of thioether (sulfide) groups is 1. The molecule has 1 saturated heterocycles. The second-order valence-corrected chi connectivity index (χ2v) is 6.27. The number of carbonyl (C=O) groups is 3. The predicted octanol–water partition coefficient (Wildman–Crippen LogP) is 2.56. The van der Waals surface area contributed by atoms with Gasteiger partial charge in [0.05, 0.1) is 4.91 Å². The summed E-state index contributed by atoms with van der Waals surface area (Å²) in [6.07, 6.45) is 2.66. The first-order valence-corrected chi connectivity index (χ1v) is 7.75. The van der Waals surface area contributed by atoms with Crippen LogP contribution >= 0.6 is 24.0 Å². The molecule has 22 heavy (non-hydrogen) atoms. The minimum absolute atomic E-state index is 0.245. The summed E-state index contributed by atoms with van der Waals surface area (Å²) >= 11 is 6.21. The second-order valence-electron chi connectivity index (χ2n) is 4.60. The van der Waals surface area contributed by atoms with Crippen LogP contribution in [0.3, 0.4) is 0 Å². The lowest BCUT2D eigenvalue weighted by Gasteiger charge is -2.21. The molecule has 0 saturated carbocycles. The van der Waals surface area contributed by atoms with E-state index in [1.165, 1.54) is 0 Å². The van der Waals surface area contributed by atoms with E-state index in [9.17, 15) is 19.5 Å². The van der Waals surface area contributed by atoms with Crippen LogP contribution in [0.15, 0.2) is 29.2 Å². The number of aliphatic carboxylic acids is 1. The second kappa shape index (κ2) is 6.85. The monoisotopic (exact) mass is 335 g/mol. The standard InChI is InChI=1S/C15H13NO4S2/c1-2-11(14(19)20)16-13(18)12(22-15(16)21)7-9-3-5-10(8-17)6-4-9/h3-8,11H,2H2,1H3,(H,19,20)/b12-7-. The number of aldehydes is 1. The molecule has 1 atom stereocenters. The molecule has 114 valence electrons. The van der Waals surface area contributed by atoms with Gasteiger partial charge in [-0.2, -0.15) is 0 Å². The molecule has 1 amide bonds. The maximum atomic E-state index is 12.4. The summed E-state index contributed by atoms with van der Waals surface area (Å²) in [7, 11) is 0. The third-order valence-electron chi connectivity index (χ3n) is 3.18. The first-order chi connectivity index (χ1) is 10.5. The number of carboxylic acids is 1. The Morgan fingerprint density at radius 2 is 1.95 bits per heavy atom. The van der Waals surface area contributed by atoms with Gasteiger partial charge in [0.1, 0.15) is 16.6 Å². The molecule has 1 N–H and O–H groups in total. The number of amides is 1. The molecule has 1 aliphatic heterocycles. The molecule has 0 aliphatic carbocycles. The molecule has 0 bridgehead atoms. The lowest BCUT2D eigenvalue weighted by atomic mass is 10.1. The number of benzene rings is 1. The average molecular weight is 335 g/mol. The zero-order valence-electron chi connectivity index (χ0n) is 11.7. The Kier molecular flexibility index (Phi) is 5.10. The lowest BCUT2D eigenvalue weighted by molar-refractivity contribution is -0.145. The number of carboxylic acid groups (broad SMARTS) is 1. The Labute approximate surface area is 137 Å². The fraction of sp³-hybridized carbons (Fsp3) is 0.200. The van der Waals surface area contributed by atoms with E-state index >= 15 is 0 Å². The van der Waals surface area contributed by atoms with Gasteiger partial charge in [0, 0.05) is 5.56 Å². The number of hydrogen-bond acceptors (Lipinski definition) is 5. The van der Waals surface area contributed by atoms with Gasteiger partial charge in [-0.1, -0.05) is 55.2 Å². The zero-order valence-corrected chi connectivity index (χ0v) is 13.3. The van der Waals surface area contributed by atoms with Crippen molar-refractivity contribution in [1.82, 2.24) is 4.90 Å². The third kappa shape index (κ3) is 3.26. The van der Waals surface area contributed by atoms with Crippen molar-refractivity contribution in [3.63, 3.8) is 0 Å². The molecule has 0 radical (unpaired) electrons. The zero-order chi connectivity index (χ0) is 16.3. The van der Waals surface area contributed by atoms with Crippen molar-refractivity contribution >= 4 is 52.5 Å². The summed E-state index contributed by atoms with van der Waals surface area (Å²) in [5.74, 6) is -1.47. The summed E-state index contributed by atoms with van der Waals surface area (Å²) in [5.41, 5.74) is 1.29. The minimum Gasteiger partial charge on any atom is -0.480 e. The number of hydrogen-bond donors (Lipinski definition) is 1. The number of thiocarbonyl (C=S) groups is 1. The molecule has 2 rings (SSSR count). The molecule has 1 aromatic carbocycles. The first kappa shape index (κ1) is 16.4. The van der Waals surface area contributed by atoms with Gasteiger partial charge < -0.3 is 5.11 Å². The quantitative estimate of drug-likeness (QED) is 0.506. The van der Waals surface area contributed by atoms with Crippen molar-refractivity contribution in [3.05, 3.63) is 40.3 Å². The van der Waals surface area contributed by atoms with Crippen molar-refractivity contribution in [1.29, 1.82) is 0 Å². The summed E-state index contributed by atoms with van der Waals surface area (Å²) < 4.78 is 0.245. The van der Waals surface area contributed by atoms with E-state index in [1.807, 2.05) is 0 Å². The van der Waals surface area contributed by atoms with Crippen LogP contribution in [0, 0.1) is 0 Å². The van der Waals surface area contributed by atoms with Crippen LogP contribution in [-0.2, 0) is 9.59 Å². The Hall–Kier alpha value is -1.99. The topological polar surface area (TPSA) is 74.7 Å². The SMILES string of the molecule is CCC(C(=O)O)N1C(=O)/C(=C/c2ccc(C=O)cc2)SC1=S. The van der Waals surface area contributed by atoms with Gasteiger partial charge in [-0.25, -0.2) is 4.79 Å². The van der Waals surface area contributed by atoms with Crippen molar-refractivity contribution in [2.75, 3.05) is 0 Å². The van der Waals surface area contributed by atoms with Gasteiger partial charge in [0.2, 0.25) is 0 Å². The van der Waals surface area contributed by atoms with Gasteiger partial charge in [0.15, 0.2) is 0 Å². The highest BCUT2D eigenvalue weighted by Gasteiger charge is 2.39. The molecule has 1 heterocycles. The highest BCUT2D eigenvalue weighted by atomic mass is 32.2. The number of rotatable bonds is 5. The molecular weight excluding hydrogens is 322 g/mol. The summed E-state index contributed by atoms with van der Waals surface area (Å²) in [4.78, 5) is 35.8. The Morgan fingerprint density at radius 1 is 1.36 bits per heavy atom. The maximum absolute atomic E-state index is 12.4. The molecule has 1 aromatic rings. The van der Waals surface area contributed by atoms with E-state index in [4.69, 9.17) is 12.2 Å². The van der Waals surface area contributed by atoms with Crippen molar-refractivity contribution in [2.24, 2.45) is 0 Å². The van der Waals surface area contributed by atoms with Crippen LogP contribution in [-0.4, -0.2) is 38.5 Å². The fourth-order valence-corrected chi connectivity index (χ4v) is 3.40. The lowest BCUT2D eigenvalue weighted by Crippen LogP contribution is -2.43. The Balaban J connectivity index is 2.28. The molecule has 7 heteroatoms. The molecule has 5 nitrogen and oxygen atoms in total. The highest BCUT2D eigenvalue weighted by molar-refractivity contribution is 8.26. The highest BCUT2D eigenvalue weighted by Crippen LogP contribution is 2.34. The molecular formula is C15H13NO4S2. The van der Waals surface area contributed by atoms with Crippen molar-refractivity contribution in [2.45, 2.75) is 19.4 Å². The van der Waals surface area contributed by atoms with E-state index in [0.717, 1.165) is 28.5 Å². The minimum atomic E-state index is -1.07. The molecule has 0 aromatic heterocycles. The summed E-state index contributed by atoms with van der Waals surface area (Å²) in [6.45, 7) is 1.69. The van der Waals surface area contributed by atoms with E-state index in [0.29, 0.717) is 10.5 Å². The van der Waals surface area contributed by atoms with Crippen LogP contribution in [0.2, 0.25) is 0 Å². The molecule has 1 fully saturated rings. The van der Waals surface area contributed by atoms with E-state index in [1.54, 1.807) is 37.3 Å². The smallest absolute Gasteiger partial charge is 0.326 e. The van der Waals surface area contributed by atoms with E-state index < -0.39 is 17.9 Å². The molecule has 0 spiro atoms. The van der Waals surface area contributed by atoms with Gasteiger partial charge in [-0.05, 0) is 18.1 Å². The van der Waals surface area contributed by atoms with Crippen molar-refractivity contribution in [3.8, 4) is 0 Å². The number of carbonyl (C=O) groups excluding carboxylic acids is 2. The molecule has 1 aliphatic rings. The van der Waals surface area contributed by atoms with Crippen molar-refractivity contribution < 1.29 is 19.5 Å². The van der Waals surface area contributed by atoms with Crippen LogP contribution in [0.25, 0.3) is 6.08 Å². The van der Waals surface area contributed by atoms with Gasteiger partial charge >= 0.3 is 5.97 Å². The summed E-state index contributed by atoms with van der Waals surface area (Å²) in [6, 6.07) is 5.77. The van der Waals surface area contributed by atoms with Crippen LogP contribution in [0.1, 0.15) is 29.3 Å². The maximum Gasteiger partial charge on any atom is 0.326 e. The predicted molar refractivity (Wildman–Crippen MR) is 88.6 cm³/mol. The first-order valence-electron chi connectivity index (χ1n) is 6.53. The fourth-order valence-electron chi connectivity index (χ4n) is 2.04. The van der Waals surface area contributed by atoms with E-state index in [2.05, 4.69) is 0 Å². The largest absolute Gasteiger partial charge is 0.480 e. The Bertz CT molecular complexity index is 667. The van der Waals surface area contributed by atoms with Crippen LogP contribution < -0.4 is 0 Å². The van der Waals surface area contributed by atoms with E-state index in [-0.39, 0.29) is 10.7 Å². The average Bonchev–Trinajstić information content (AvgIpc) is 2.76. The Morgan fingerprint density at radius 3 is 2.45 bits per heavy atom. The van der Waals surface area contributed by atoms with Gasteiger partial charge in [0.25, 0.3) is 5.91 Å². The molecule has 1 unspecified atom stereocenters.